The first kappa shape index (κ1) is 9.76. The Bertz CT molecular complexity index is 420. The summed E-state index contributed by atoms with van der Waals surface area (Å²) in [4.78, 5) is 11.4. The van der Waals surface area contributed by atoms with Crippen molar-refractivity contribution in [3.05, 3.63) is 23.5 Å². The Balaban J connectivity index is 2.16. The Labute approximate surface area is 87.7 Å². The number of aryl methyl sites for hydroxylation is 1. The fourth-order valence-electron chi connectivity index (χ4n) is 1.50. The molecule has 0 aromatic carbocycles. The molecule has 1 aliphatic rings. The van der Waals surface area contributed by atoms with Gasteiger partial charge in [-0.2, -0.15) is 5.10 Å². The van der Waals surface area contributed by atoms with Gasteiger partial charge >= 0.3 is 5.97 Å². The molecule has 0 unspecified atom stereocenters. The van der Waals surface area contributed by atoms with Gasteiger partial charge in [0.25, 0.3) is 0 Å². The highest BCUT2D eigenvalue weighted by Gasteiger charge is 2.18. The number of hydrogen-bond acceptors (Lipinski definition) is 4. The average Bonchev–Trinajstić information content (AvgIpc) is 2.60. The molecule has 0 saturated carbocycles. The van der Waals surface area contributed by atoms with Crippen molar-refractivity contribution in [3.8, 4) is 0 Å². The zero-order valence-electron chi connectivity index (χ0n) is 8.78. The summed E-state index contributed by atoms with van der Waals surface area (Å²) in [6, 6.07) is 0. The third-order valence-electron chi connectivity index (χ3n) is 2.26. The summed E-state index contributed by atoms with van der Waals surface area (Å²) >= 11 is 0. The van der Waals surface area contributed by atoms with Gasteiger partial charge in [0.15, 0.2) is 0 Å². The number of esters is 1. The fourth-order valence-corrected chi connectivity index (χ4v) is 1.50. The molecule has 1 N–H and O–H groups in total. The Morgan fingerprint density at radius 2 is 2.53 bits per heavy atom. The van der Waals surface area contributed by atoms with Crippen LogP contribution in [0.15, 0.2) is 18.0 Å². The Morgan fingerprint density at radius 1 is 1.73 bits per heavy atom. The summed E-state index contributed by atoms with van der Waals surface area (Å²) in [6.45, 7) is 4.61. The zero-order valence-corrected chi connectivity index (χ0v) is 8.78. The van der Waals surface area contributed by atoms with Crippen LogP contribution in [-0.4, -0.2) is 22.4 Å². The second-order valence-corrected chi connectivity index (χ2v) is 3.37. The fraction of sp³-hybridized carbons (Fsp3) is 0.400. The van der Waals surface area contributed by atoms with Crippen molar-refractivity contribution in [2.45, 2.75) is 20.4 Å². The van der Waals surface area contributed by atoms with Crippen LogP contribution in [0.1, 0.15) is 12.5 Å². The first-order valence-corrected chi connectivity index (χ1v) is 4.87. The summed E-state index contributed by atoms with van der Waals surface area (Å²) < 4.78 is 6.67. The average molecular weight is 207 g/mol. The largest absolute Gasteiger partial charge is 0.463 e. The minimum Gasteiger partial charge on any atom is -0.463 e. The summed E-state index contributed by atoms with van der Waals surface area (Å²) in [5.41, 5.74) is 1.65. The lowest BCUT2D eigenvalue weighted by Gasteiger charge is -2.16. The molecule has 0 radical (unpaired) electrons. The second kappa shape index (κ2) is 3.76. The van der Waals surface area contributed by atoms with Crippen molar-refractivity contribution in [2.75, 3.05) is 11.9 Å². The van der Waals surface area contributed by atoms with Gasteiger partial charge < -0.3 is 10.1 Å². The molecule has 0 spiro atoms. The minimum absolute atomic E-state index is 0.288. The number of aromatic nitrogens is 2. The molecule has 0 saturated heterocycles. The SMILES string of the molecule is CCOC(=O)C1=CNc2c(C)cnn2C1. The minimum atomic E-state index is -0.288. The molecule has 1 aromatic heterocycles. The Kier molecular flexibility index (Phi) is 2.45. The maximum Gasteiger partial charge on any atom is 0.337 e. The third-order valence-corrected chi connectivity index (χ3v) is 2.26. The van der Waals surface area contributed by atoms with E-state index in [-0.39, 0.29) is 5.97 Å². The van der Waals surface area contributed by atoms with Crippen LogP contribution in [0.4, 0.5) is 5.82 Å². The molecule has 0 amide bonds. The topological polar surface area (TPSA) is 56.1 Å². The van der Waals surface area contributed by atoms with Crippen LogP contribution < -0.4 is 5.32 Å². The Hall–Kier alpha value is -1.78. The standard InChI is InChI=1S/C10H13N3O2/c1-3-15-10(14)8-5-11-9-7(2)4-12-13(9)6-8/h4-5,11H,3,6H2,1-2H3. The Morgan fingerprint density at radius 3 is 3.27 bits per heavy atom. The second-order valence-electron chi connectivity index (χ2n) is 3.37. The van der Waals surface area contributed by atoms with Gasteiger partial charge in [-0.25, -0.2) is 9.48 Å². The highest BCUT2D eigenvalue weighted by atomic mass is 16.5. The molecule has 15 heavy (non-hydrogen) atoms. The molecular formula is C10H13N3O2. The summed E-state index contributed by atoms with van der Waals surface area (Å²) in [7, 11) is 0. The van der Waals surface area contributed by atoms with E-state index >= 15 is 0 Å². The van der Waals surface area contributed by atoms with E-state index in [1.165, 1.54) is 0 Å². The third kappa shape index (κ3) is 1.72. The van der Waals surface area contributed by atoms with Gasteiger partial charge in [-0.1, -0.05) is 0 Å². The van der Waals surface area contributed by atoms with Gasteiger partial charge in [0.2, 0.25) is 0 Å². The van der Waals surface area contributed by atoms with Crippen LogP contribution in [0.25, 0.3) is 0 Å². The van der Waals surface area contributed by atoms with Crippen molar-refractivity contribution in [3.63, 3.8) is 0 Å². The van der Waals surface area contributed by atoms with E-state index in [4.69, 9.17) is 4.74 Å². The normalized spacial score (nSPS) is 13.9. The van der Waals surface area contributed by atoms with E-state index < -0.39 is 0 Å². The van der Waals surface area contributed by atoms with Gasteiger partial charge in [0.05, 0.1) is 24.9 Å². The van der Waals surface area contributed by atoms with E-state index in [0.717, 1.165) is 11.4 Å². The molecule has 80 valence electrons. The van der Waals surface area contributed by atoms with Crippen LogP contribution in [0.3, 0.4) is 0 Å². The number of ether oxygens (including phenoxy) is 1. The molecule has 0 bridgehead atoms. The number of nitrogens with zero attached hydrogens (tertiary/aromatic N) is 2. The van der Waals surface area contributed by atoms with Crippen LogP contribution in [0, 0.1) is 6.92 Å². The maximum atomic E-state index is 11.4. The van der Waals surface area contributed by atoms with Gasteiger partial charge in [-0.3, -0.25) is 0 Å². The lowest BCUT2D eigenvalue weighted by molar-refractivity contribution is -0.138. The van der Waals surface area contributed by atoms with E-state index in [2.05, 4.69) is 10.4 Å². The number of rotatable bonds is 2. The molecule has 5 nitrogen and oxygen atoms in total. The first-order valence-electron chi connectivity index (χ1n) is 4.87. The molecule has 1 aliphatic heterocycles. The van der Waals surface area contributed by atoms with Crippen molar-refractivity contribution in [1.82, 2.24) is 9.78 Å². The molecule has 5 heteroatoms. The van der Waals surface area contributed by atoms with Crippen LogP contribution >= 0.6 is 0 Å². The number of hydrogen-bond donors (Lipinski definition) is 1. The van der Waals surface area contributed by atoms with Crippen molar-refractivity contribution in [2.24, 2.45) is 0 Å². The predicted molar refractivity (Wildman–Crippen MR) is 55.3 cm³/mol. The number of nitrogens with one attached hydrogen (secondary N) is 1. The molecule has 0 aliphatic carbocycles. The zero-order chi connectivity index (χ0) is 10.8. The molecule has 0 atom stereocenters. The molecule has 1 aromatic rings. The van der Waals surface area contributed by atoms with Crippen LogP contribution in [-0.2, 0) is 16.1 Å². The summed E-state index contributed by atoms with van der Waals surface area (Å²) in [5.74, 6) is 0.645. The number of carbonyl (C=O) groups excluding carboxylic acids is 1. The highest BCUT2D eigenvalue weighted by molar-refractivity contribution is 5.89. The van der Waals surface area contributed by atoms with Gasteiger partial charge in [0.1, 0.15) is 5.82 Å². The van der Waals surface area contributed by atoms with Crippen LogP contribution in [0.2, 0.25) is 0 Å². The maximum absolute atomic E-state index is 11.4. The van der Waals surface area contributed by atoms with Crippen molar-refractivity contribution < 1.29 is 9.53 Å². The van der Waals surface area contributed by atoms with Crippen molar-refractivity contribution >= 4 is 11.8 Å². The van der Waals surface area contributed by atoms with Crippen molar-refractivity contribution in [1.29, 1.82) is 0 Å². The first-order chi connectivity index (χ1) is 7.22. The molecule has 0 fully saturated rings. The summed E-state index contributed by atoms with van der Waals surface area (Å²) in [6.07, 6.45) is 3.45. The lowest BCUT2D eigenvalue weighted by atomic mass is 10.2. The molecular weight excluding hydrogens is 194 g/mol. The quantitative estimate of drug-likeness (QED) is 0.737. The van der Waals surface area contributed by atoms with E-state index in [1.54, 1.807) is 24.0 Å². The van der Waals surface area contributed by atoms with E-state index in [0.29, 0.717) is 18.7 Å². The van der Waals surface area contributed by atoms with E-state index in [9.17, 15) is 4.79 Å². The predicted octanol–water partition coefficient (Wildman–Crippen LogP) is 1.06. The molecule has 2 heterocycles. The van der Waals surface area contributed by atoms with Gasteiger partial charge in [0, 0.05) is 11.8 Å². The number of fused-ring (bicyclic) bond motifs is 1. The summed E-state index contributed by atoms with van der Waals surface area (Å²) in [5, 5.41) is 7.19. The smallest absolute Gasteiger partial charge is 0.337 e. The molecule has 2 rings (SSSR count). The van der Waals surface area contributed by atoms with E-state index in [1.807, 2.05) is 6.92 Å². The van der Waals surface area contributed by atoms with Crippen LogP contribution in [0.5, 0.6) is 0 Å². The lowest BCUT2D eigenvalue weighted by Crippen LogP contribution is -2.20. The number of anilines is 1. The number of carbonyl (C=O) groups is 1. The highest BCUT2D eigenvalue weighted by Crippen LogP contribution is 2.20. The van der Waals surface area contributed by atoms with Gasteiger partial charge in [-0.05, 0) is 13.8 Å². The van der Waals surface area contributed by atoms with Gasteiger partial charge in [-0.15, -0.1) is 0 Å². The monoisotopic (exact) mass is 207 g/mol.